The lowest BCUT2D eigenvalue weighted by Crippen LogP contribution is -2.37. The highest BCUT2D eigenvalue weighted by molar-refractivity contribution is 7.18. The average Bonchev–Trinajstić information content (AvgIpc) is 3.00. The van der Waals surface area contributed by atoms with Gasteiger partial charge in [-0.2, -0.15) is 0 Å². The Balaban J connectivity index is 1.81. The molecule has 4 rings (SSSR count). The van der Waals surface area contributed by atoms with E-state index in [1.807, 2.05) is 0 Å². The summed E-state index contributed by atoms with van der Waals surface area (Å²) in [6, 6.07) is 0.309. The number of nitrogens with zero attached hydrogens (tertiary/aromatic N) is 3. The predicted molar refractivity (Wildman–Crippen MR) is 119 cm³/mol. The summed E-state index contributed by atoms with van der Waals surface area (Å²) in [7, 11) is 2.17. The second-order valence-corrected chi connectivity index (χ2v) is 11.1. The van der Waals surface area contributed by atoms with E-state index in [0.29, 0.717) is 17.4 Å². The van der Waals surface area contributed by atoms with Gasteiger partial charge in [-0.25, -0.2) is 4.98 Å². The van der Waals surface area contributed by atoms with Crippen LogP contribution in [-0.4, -0.2) is 34.6 Å². The van der Waals surface area contributed by atoms with Gasteiger partial charge in [0.2, 0.25) is 0 Å². The summed E-state index contributed by atoms with van der Waals surface area (Å²) in [4.78, 5) is 23.6. The summed E-state index contributed by atoms with van der Waals surface area (Å²) >= 11 is 1.80. The van der Waals surface area contributed by atoms with Crippen molar-refractivity contribution in [3.8, 4) is 0 Å². The van der Waals surface area contributed by atoms with Crippen molar-refractivity contribution >= 4 is 21.6 Å². The van der Waals surface area contributed by atoms with E-state index in [1.54, 1.807) is 11.3 Å². The van der Waals surface area contributed by atoms with Gasteiger partial charge in [0.05, 0.1) is 5.39 Å². The van der Waals surface area contributed by atoms with E-state index in [9.17, 15) is 4.79 Å². The molecule has 0 saturated carbocycles. The van der Waals surface area contributed by atoms with E-state index in [-0.39, 0.29) is 5.56 Å². The lowest BCUT2D eigenvalue weighted by atomic mass is 9.72. The third-order valence-corrected chi connectivity index (χ3v) is 8.09. The normalized spacial score (nSPS) is 22.0. The van der Waals surface area contributed by atoms with Gasteiger partial charge in [0, 0.05) is 17.3 Å². The molecule has 4 nitrogen and oxygen atoms in total. The minimum absolute atomic E-state index is 0.245. The second-order valence-electron chi connectivity index (χ2n) is 9.98. The van der Waals surface area contributed by atoms with Crippen molar-refractivity contribution in [2.24, 2.45) is 11.3 Å². The van der Waals surface area contributed by atoms with E-state index < -0.39 is 0 Å². The van der Waals surface area contributed by atoms with Gasteiger partial charge in [0.15, 0.2) is 0 Å². The van der Waals surface area contributed by atoms with E-state index in [0.717, 1.165) is 67.7 Å². The monoisotopic (exact) mass is 401 g/mol. The Morgan fingerprint density at radius 3 is 2.54 bits per heavy atom. The third-order valence-electron chi connectivity index (χ3n) is 6.94. The fourth-order valence-corrected chi connectivity index (χ4v) is 6.36. The molecule has 0 aromatic carbocycles. The maximum absolute atomic E-state index is 13.7. The molecule has 1 fully saturated rings. The Hall–Kier alpha value is -1.20. The van der Waals surface area contributed by atoms with Crippen LogP contribution in [0.4, 0.5) is 0 Å². The molecule has 0 N–H and O–H groups in total. The Labute approximate surface area is 173 Å². The standard InChI is InChI=1S/C23H35N3OS/c1-6-7-19-24-21-20(22(27)26(19)16-10-12-25(5)13-11-16)17-9-8-15(23(2,3)4)14-18(17)28-21/h15-16H,6-14H2,1-5H3. The number of aryl methyl sites for hydroxylation is 2. The van der Waals surface area contributed by atoms with Crippen molar-refractivity contribution in [2.45, 2.75) is 78.7 Å². The molecule has 1 atom stereocenters. The molecule has 5 heteroatoms. The molecule has 3 heterocycles. The van der Waals surface area contributed by atoms with E-state index in [4.69, 9.17) is 4.98 Å². The predicted octanol–water partition coefficient (Wildman–Crippen LogP) is 4.83. The quantitative estimate of drug-likeness (QED) is 0.739. The van der Waals surface area contributed by atoms with Gasteiger partial charge < -0.3 is 4.90 Å². The summed E-state index contributed by atoms with van der Waals surface area (Å²) in [6.07, 6.45) is 7.36. The summed E-state index contributed by atoms with van der Waals surface area (Å²) in [6.45, 7) is 11.4. The van der Waals surface area contributed by atoms with Crippen LogP contribution < -0.4 is 5.56 Å². The number of hydrogen-bond donors (Lipinski definition) is 0. The third kappa shape index (κ3) is 3.56. The number of rotatable bonds is 3. The van der Waals surface area contributed by atoms with Gasteiger partial charge in [0.25, 0.3) is 5.56 Å². The zero-order valence-electron chi connectivity index (χ0n) is 18.2. The van der Waals surface area contributed by atoms with Crippen molar-refractivity contribution in [3.05, 3.63) is 26.6 Å². The first-order chi connectivity index (χ1) is 13.3. The Morgan fingerprint density at radius 2 is 1.89 bits per heavy atom. The van der Waals surface area contributed by atoms with E-state index in [2.05, 4.69) is 44.2 Å². The molecule has 2 aliphatic rings. The number of piperidine rings is 1. The summed E-state index contributed by atoms with van der Waals surface area (Å²) in [5.41, 5.74) is 1.89. The molecule has 0 bridgehead atoms. The van der Waals surface area contributed by atoms with Crippen LogP contribution >= 0.6 is 11.3 Å². The number of fused-ring (bicyclic) bond motifs is 3. The van der Waals surface area contributed by atoms with Gasteiger partial charge in [-0.15, -0.1) is 11.3 Å². The molecule has 0 radical (unpaired) electrons. The van der Waals surface area contributed by atoms with Crippen molar-refractivity contribution < 1.29 is 0 Å². The first-order valence-corrected chi connectivity index (χ1v) is 11.9. The minimum Gasteiger partial charge on any atom is -0.306 e. The fourth-order valence-electron chi connectivity index (χ4n) is 5.05. The van der Waals surface area contributed by atoms with Gasteiger partial charge in [-0.05, 0) is 75.6 Å². The van der Waals surface area contributed by atoms with Crippen LogP contribution in [-0.2, 0) is 19.3 Å². The van der Waals surface area contributed by atoms with Crippen LogP contribution in [0.15, 0.2) is 4.79 Å². The van der Waals surface area contributed by atoms with Gasteiger partial charge >= 0.3 is 0 Å². The largest absolute Gasteiger partial charge is 0.306 e. The Bertz CT molecular complexity index is 913. The smallest absolute Gasteiger partial charge is 0.262 e. The maximum atomic E-state index is 13.7. The van der Waals surface area contributed by atoms with Crippen molar-refractivity contribution in [1.82, 2.24) is 14.5 Å². The van der Waals surface area contributed by atoms with E-state index >= 15 is 0 Å². The molecule has 28 heavy (non-hydrogen) atoms. The highest BCUT2D eigenvalue weighted by atomic mass is 32.1. The molecule has 0 amide bonds. The van der Waals surface area contributed by atoms with E-state index in [1.165, 1.54) is 16.9 Å². The molecule has 2 aromatic rings. The lowest BCUT2D eigenvalue weighted by Gasteiger charge is -2.33. The van der Waals surface area contributed by atoms with Crippen LogP contribution in [0.5, 0.6) is 0 Å². The summed E-state index contributed by atoms with van der Waals surface area (Å²) in [5, 5.41) is 0.950. The van der Waals surface area contributed by atoms with Gasteiger partial charge in [-0.1, -0.05) is 27.7 Å². The second kappa shape index (κ2) is 7.56. The minimum atomic E-state index is 0.245. The molecule has 2 aromatic heterocycles. The first kappa shape index (κ1) is 20.1. The number of likely N-dealkylation sites (tertiary alicyclic amines) is 1. The number of aromatic nitrogens is 2. The highest BCUT2D eigenvalue weighted by Gasteiger charge is 2.33. The Kier molecular flexibility index (Phi) is 5.43. The SMILES string of the molecule is CCCc1nc2sc3c(c2c(=O)n1C1CCN(C)CC1)CCC(C(C)(C)C)C3. The van der Waals surface area contributed by atoms with Crippen LogP contribution in [0.3, 0.4) is 0 Å². The van der Waals surface area contributed by atoms with Crippen LogP contribution in [0.1, 0.15) is 75.7 Å². The molecule has 1 saturated heterocycles. The average molecular weight is 402 g/mol. The Morgan fingerprint density at radius 1 is 1.18 bits per heavy atom. The molecule has 1 aliphatic heterocycles. The van der Waals surface area contributed by atoms with Crippen molar-refractivity contribution in [1.29, 1.82) is 0 Å². The summed E-state index contributed by atoms with van der Waals surface area (Å²) in [5.74, 6) is 1.71. The zero-order valence-corrected chi connectivity index (χ0v) is 19.0. The topological polar surface area (TPSA) is 38.1 Å². The molecule has 1 aliphatic carbocycles. The number of hydrogen-bond acceptors (Lipinski definition) is 4. The molecular weight excluding hydrogens is 366 g/mol. The molecule has 0 spiro atoms. The maximum Gasteiger partial charge on any atom is 0.262 e. The van der Waals surface area contributed by atoms with Gasteiger partial charge in [-0.3, -0.25) is 9.36 Å². The van der Waals surface area contributed by atoms with Crippen molar-refractivity contribution in [2.75, 3.05) is 20.1 Å². The van der Waals surface area contributed by atoms with Crippen LogP contribution in [0.2, 0.25) is 0 Å². The summed E-state index contributed by atoms with van der Waals surface area (Å²) < 4.78 is 2.10. The molecule has 1 unspecified atom stereocenters. The van der Waals surface area contributed by atoms with Crippen LogP contribution in [0.25, 0.3) is 10.2 Å². The highest BCUT2D eigenvalue weighted by Crippen LogP contribution is 2.42. The van der Waals surface area contributed by atoms with Crippen molar-refractivity contribution in [3.63, 3.8) is 0 Å². The number of thiophene rings is 1. The first-order valence-electron chi connectivity index (χ1n) is 11.0. The fraction of sp³-hybridized carbons (Fsp3) is 0.739. The zero-order chi connectivity index (χ0) is 20.1. The molecule has 154 valence electrons. The van der Waals surface area contributed by atoms with Crippen LogP contribution in [0, 0.1) is 11.3 Å². The van der Waals surface area contributed by atoms with Gasteiger partial charge in [0.1, 0.15) is 10.7 Å². The molecular formula is C23H35N3OS. The lowest BCUT2D eigenvalue weighted by molar-refractivity contribution is 0.215.